The van der Waals surface area contributed by atoms with E-state index in [0.29, 0.717) is 5.69 Å². The molecule has 1 atom stereocenters. The fraction of sp³-hybridized carbons (Fsp3) is 0.250. The molecule has 4 nitrogen and oxygen atoms in total. The topological polar surface area (TPSA) is 54.9 Å². The smallest absolute Gasteiger partial charge is 0.270 e. The van der Waals surface area contributed by atoms with Crippen LogP contribution in [-0.4, -0.2) is 15.9 Å². The summed E-state index contributed by atoms with van der Waals surface area (Å²) in [6.07, 6.45) is 1.60. The number of aryl methyl sites for hydroxylation is 1. The Hall–Kier alpha value is -1.27. The van der Waals surface area contributed by atoms with Crippen molar-refractivity contribution < 1.29 is 4.79 Å². The maximum atomic E-state index is 11.9. The molecule has 0 aliphatic carbocycles. The van der Waals surface area contributed by atoms with E-state index in [9.17, 15) is 4.79 Å². The van der Waals surface area contributed by atoms with Crippen LogP contribution in [0.4, 0.5) is 0 Å². The van der Waals surface area contributed by atoms with Gasteiger partial charge < -0.3 is 5.32 Å². The molecule has 18 heavy (non-hydrogen) atoms. The van der Waals surface area contributed by atoms with E-state index in [-0.39, 0.29) is 11.9 Å². The highest BCUT2D eigenvalue weighted by Gasteiger charge is 2.14. The minimum atomic E-state index is -0.192. The van der Waals surface area contributed by atoms with E-state index >= 15 is 0 Å². The van der Waals surface area contributed by atoms with Gasteiger partial charge in [-0.05, 0) is 41.9 Å². The standard InChI is InChI=1S/C12H12BrN3OS/c1-7-6-18-12(15-7)8(2)16-11(17)10-4-3-9(13)5-14-10/h3-6,8H,1-2H3,(H,16,17). The molecule has 94 valence electrons. The number of halogens is 1. The molecule has 0 bridgehead atoms. The highest BCUT2D eigenvalue weighted by Crippen LogP contribution is 2.17. The summed E-state index contributed by atoms with van der Waals surface area (Å²) in [5, 5.41) is 5.75. The van der Waals surface area contributed by atoms with E-state index in [2.05, 4.69) is 31.2 Å². The molecule has 0 radical (unpaired) electrons. The molecule has 0 saturated heterocycles. The van der Waals surface area contributed by atoms with Crippen LogP contribution < -0.4 is 5.32 Å². The number of nitrogens with one attached hydrogen (secondary N) is 1. The second-order valence-electron chi connectivity index (χ2n) is 3.88. The Balaban J connectivity index is 2.05. The molecule has 0 aliphatic rings. The molecule has 0 spiro atoms. The fourth-order valence-corrected chi connectivity index (χ4v) is 2.45. The SMILES string of the molecule is Cc1csc(C(C)NC(=O)c2ccc(Br)cn2)n1. The Morgan fingerprint density at radius 3 is 2.83 bits per heavy atom. The van der Waals surface area contributed by atoms with Crippen molar-refractivity contribution in [2.75, 3.05) is 0 Å². The van der Waals surface area contributed by atoms with Crippen molar-refractivity contribution >= 4 is 33.2 Å². The van der Waals surface area contributed by atoms with E-state index in [0.717, 1.165) is 15.2 Å². The summed E-state index contributed by atoms with van der Waals surface area (Å²) >= 11 is 4.83. The number of rotatable bonds is 3. The first kappa shape index (κ1) is 13.2. The summed E-state index contributed by atoms with van der Waals surface area (Å²) in [6.45, 7) is 3.85. The Labute approximate surface area is 118 Å². The van der Waals surface area contributed by atoms with Crippen LogP contribution in [0.2, 0.25) is 0 Å². The van der Waals surface area contributed by atoms with Gasteiger partial charge in [-0.3, -0.25) is 4.79 Å². The Morgan fingerprint density at radius 1 is 1.50 bits per heavy atom. The Bertz CT molecular complexity index is 553. The number of hydrogen-bond acceptors (Lipinski definition) is 4. The third-order valence-electron chi connectivity index (χ3n) is 2.31. The van der Waals surface area contributed by atoms with Crippen molar-refractivity contribution in [2.45, 2.75) is 19.9 Å². The largest absolute Gasteiger partial charge is 0.342 e. The van der Waals surface area contributed by atoms with Gasteiger partial charge in [0.25, 0.3) is 5.91 Å². The van der Waals surface area contributed by atoms with Gasteiger partial charge in [0.1, 0.15) is 10.7 Å². The van der Waals surface area contributed by atoms with Gasteiger partial charge in [-0.15, -0.1) is 11.3 Å². The molecule has 2 rings (SSSR count). The van der Waals surface area contributed by atoms with Crippen LogP contribution in [-0.2, 0) is 0 Å². The van der Waals surface area contributed by atoms with Crippen molar-refractivity contribution in [1.29, 1.82) is 0 Å². The van der Waals surface area contributed by atoms with Gasteiger partial charge in [0.05, 0.1) is 6.04 Å². The molecule has 2 aromatic rings. The first-order valence-corrected chi connectivity index (χ1v) is 7.08. The van der Waals surface area contributed by atoms with Crippen molar-refractivity contribution in [3.63, 3.8) is 0 Å². The number of pyridine rings is 1. The molecule has 6 heteroatoms. The van der Waals surface area contributed by atoms with E-state index in [1.54, 1.807) is 29.7 Å². The lowest BCUT2D eigenvalue weighted by atomic mass is 10.3. The van der Waals surface area contributed by atoms with Gasteiger partial charge >= 0.3 is 0 Å². The van der Waals surface area contributed by atoms with Crippen molar-refractivity contribution in [3.8, 4) is 0 Å². The highest BCUT2D eigenvalue weighted by molar-refractivity contribution is 9.10. The van der Waals surface area contributed by atoms with Crippen molar-refractivity contribution in [3.05, 3.63) is 44.6 Å². The molecule has 1 amide bonds. The minimum Gasteiger partial charge on any atom is -0.342 e. The van der Waals surface area contributed by atoms with Crippen LogP contribution in [0.5, 0.6) is 0 Å². The second kappa shape index (κ2) is 5.58. The average Bonchev–Trinajstić information content (AvgIpc) is 2.76. The number of amides is 1. The third kappa shape index (κ3) is 3.14. The van der Waals surface area contributed by atoms with Crippen LogP contribution in [0.3, 0.4) is 0 Å². The van der Waals surface area contributed by atoms with Crippen molar-refractivity contribution in [2.24, 2.45) is 0 Å². The Morgan fingerprint density at radius 2 is 2.28 bits per heavy atom. The maximum Gasteiger partial charge on any atom is 0.270 e. The maximum absolute atomic E-state index is 11.9. The number of nitrogens with zero attached hydrogens (tertiary/aromatic N) is 2. The van der Waals surface area contributed by atoms with Gasteiger partial charge in [-0.1, -0.05) is 0 Å². The van der Waals surface area contributed by atoms with Gasteiger partial charge in [0.15, 0.2) is 0 Å². The first-order valence-electron chi connectivity index (χ1n) is 5.40. The molecule has 1 unspecified atom stereocenters. The zero-order valence-corrected chi connectivity index (χ0v) is 12.4. The summed E-state index contributed by atoms with van der Waals surface area (Å²) in [5.41, 5.74) is 1.37. The molecule has 0 aliphatic heterocycles. The number of aromatic nitrogens is 2. The molecule has 1 N–H and O–H groups in total. The normalized spacial score (nSPS) is 12.2. The summed E-state index contributed by atoms with van der Waals surface area (Å²) < 4.78 is 0.850. The minimum absolute atomic E-state index is 0.110. The van der Waals surface area contributed by atoms with E-state index in [4.69, 9.17) is 0 Å². The van der Waals surface area contributed by atoms with Crippen LogP contribution in [0.25, 0.3) is 0 Å². The lowest BCUT2D eigenvalue weighted by molar-refractivity contribution is 0.0934. The number of carbonyl (C=O) groups excluding carboxylic acids is 1. The summed E-state index contributed by atoms with van der Waals surface area (Å²) in [6, 6.07) is 3.36. The van der Waals surface area contributed by atoms with E-state index in [1.165, 1.54) is 0 Å². The van der Waals surface area contributed by atoms with Crippen LogP contribution >= 0.6 is 27.3 Å². The predicted molar refractivity (Wildman–Crippen MR) is 74.7 cm³/mol. The van der Waals surface area contributed by atoms with Gasteiger partial charge in [-0.25, -0.2) is 9.97 Å². The monoisotopic (exact) mass is 325 g/mol. The van der Waals surface area contributed by atoms with Crippen LogP contribution in [0, 0.1) is 6.92 Å². The fourth-order valence-electron chi connectivity index (χ4n) is 1.41. The van der Waals surface area contributed by atoms with E-state index in [1.807, 2.05) is 19.2 Å². The summed E-state index contributed by atoms with van der Waals surface area (Å²) in [5.74, 6) is -0.192. The summed E-state index contributed by atoms with van der Waals surface area (Å²) in [7, 11) is 0. The molecular formula is C12H12BrN3OS. The lowest BCUT2D eigenvalue weighted by Crippen LogP contribution is -2.27. The predicted octanol–water partition coefficient (Wildman–Crippen LogP) is 3.10. The molecule has 0 fully saturated rings. The van der Waals surface area contributed by atoms with Crippen LogP contribution in [0.1, 0.15) is 34.2 Å². The van der Waals surface area contributed by atoms with Gasteiger partial charge in [0.2, 0.25) is 0 Å². The quantitative estimate of drug-likeness (QED) is 0.943. The molecule has 2 heterocycles. The first-order chi connectivity index (χ1) is 8.56. The molecule has 0 aromatic carbocycles. The Kier molecular flexibility index (Phi) is 4.08. The summed E-state index contributed by atoms with van der Waals surface area (Å²) in [4.78, 5) is 20.3. The van der Waals surface area contributed by atoms with Gasteiger partial charge in [-0.2, -0.15) is 0 Å². The highest BCUT2D eigenvalue weighted by atomic mass is 79.9. The molecule has 0 saturated carbocycles. The number of carbonyl (C=O) groups is 1. The number of thiazole rings is 1. The van der Waals surface area contributed by atoms with Crippen molar-refractivity contribution in [1.82, 2.24) is 15.3 Å². The molecule has 2 aromatic heterocycles. The zero-order chi connectivity index (χ0) is 13.1. The van der Waals surface area contributed by atoms with Gasteiger partial charge in [0, 0.05) is 21.7 Å². The average molecular weight is 326 g/mol. The lowest BCUT2D eigenvalue weighted by Gasteiger charge is -2.10. The zero-order valence-electron chi connectivity index (χ0n) is 9.98. The molecular weight excluding hydrogens is 314 g/mol. The number of hydrogen-bond donors (Lipinski definition) is 1. The van der Waals surface area contributed by atoms with Crippen LogP contribution in [0.15, 0.2) is 28.2 Å². The van der Waals surface area contributed by atoms with E-state index < -0.39 is 0 Å². The second-order valence-corrected chi connectivity index (χ2v) is 5.69. The third-order valence-corrected chi connectivity index (χ3v) is 3.93.